The maximum absolute atomic E-state index is 4.81. The predicted octanol–water partition coefficient (Wildman–Crippen LogP) is 7.68. The van der Waals surface area contributed by atoms with Crippen LogP contribution >= 0.6 is 0 Å². The van der Waals surface area contributed by atoms with Gasteiger partial charge in [-0.05, 0) is 51.1 Å². The van der Waals surface area contributed by atoms with E-state index in [1.165, 1.54) is 38.0 Å². The Morgan fingerprint density at radius 3 is 2.27 bits per heavy atom. The van der Waals surface area contributed by atoms with Crippen molar-refractivity contribution >= 4 is 43.5 Å². The van der Waals surface area contributed by atoms with Gasteiger partial charge in [0.15, 0.2) is 0 Å². The SMILES string of the molecule is Cn1c2ncnc(-c3ccc4ccccc4c3)c2c2cc3ccccc3c(CC(C)(C)C)c21. The summed E-state index contributed by atoms with van der Waals surface area (Å²) in [4.78, 5) is 9.55. The zero-order valence-corrected chi connectivity index (χ0v) is 19.6. The number of hydrogen-bond donors (Lipinski definition) is 0. The average molecular weight is 430 g/mol. The number of hydrogen-bond acceptors (Lipinski definition) is 2. The quantitative estimate of drug-likeness (QED) is 0.282. The first-order valence-electron chi connectivity index (χ1n) is 11.5. The molecular formula is C30H27N3. The van der Waals surface area contributed by atoms with Crippen molar-refractivity contribution < 1.29 is 0 Å². The molecule has 0 saturated heterocycles. The highest BCUT2D eigenvalue weighted by Gasteiger charge is 2.22. The van der Waals surface area contributed by atoms with Crippen molar-refractivity contribution in [3.63, 3.8) is 0 Å². The van der Waals surface area contributed by atoms with Crippen LogP contribution in [0.15, 0.2) is 79.1 Å². The second-order valence-electron chi connectivity index (χ2n) is 10.3. The molecule has 0 spiro atoms. The Balaban J connectivity index is 1.75. The average Bonchev–Trinajstić information content (AvgIpc) is 3.10. The van der Waals surface area contributed by atoms with E-state index in [1.54, 1.807) is 6.33 Å². The first kappa shape index (κ1) is 19.9. The van der Waals surface area contributed by atoms with Crippen LogP contribution in [-0.4, -0.2) is 14.5 Å². The van der Waals surface area contributed by atoms with Gasteiger partial charge in [-0.15, -0.1) is 0 Å². The molecule has 0 amide bonds. The first-order chi connectivity index (χ1) is 15.9. The molecule has 2 aromatic heterocycles. The van der Waals surface area contributed by atoms with Crippen LogP contribution < -0.4 is 0 Å². The second kappa shape index (κ2) is 7.14. The Bertz CT molecular complexity index is 1680. The van der Waals surface area contributed by atoms with E-state index in [4.69, 9.17) is 9.97 Å². The fraction of sp³-hybridized carbons (Fsp3) is 0.200. The fourth-order valence-corrected chi connectivity index (χ4v) is 5.23. The van der Waals surface area contributed by atoms with Gasteiger partial charge in [-0.25, -0.2) is 9.97 Å². The van der Waals surface area contributed by atoms with Crippen molar-refractivity contribution in [1.82, 2.24) is 14.5 Å². The summed E-state index contributed by atoms with van der Waals surface area (Å²) in [5, 5.41) is 7.42. The molecule has 4 aromatic carbocycles. The number of aromatic nitrogens is 3. The van der Waals surface area contributed by atoms with Crippen LogP contribution in [0.4, 0.5) is 0 Å². The second-order valence-corrected chi connectivity index (χ2v) is 10.3. The van der Waals surface area contributed by atoms with Gasteiger partial charge in [-0.2, -0.15) is 0 Å². The molecule has 0 unspecified atom stereocenters. The lowest BCUT2D eigenvalue weighted by Crippen LogP contribution is -2.11. The molecule has 33 heavy (non-hydrogen) atoms. The van der Waals surface area contributed by atoms with Crippen molar-refractivity contribution in [2.45, 2.75) is 27.2 Å². The van der Waals surface area contributed by atoms with E-state index in [1.807, 2.05) is 0 Å². The largest absolute Gasteiger partial charge is 0.328 e. The Morgan fingerprint density at radius 1 is 0.758 bits per heavy atom. The minimum atomic E-state index is 0.167. The third-order valence-corrected chi connectivity index (χ3v) is 6.61. The zero-order chi connectivity index (χ0) is 22.7. The van der Waals surface area contributed by atoms with Gasteiger partial charge in [0.1, 0.15) is 12.0 Å². The smallest absolute Gasteiger partial charge is 0.144 e. The lowest BCUT2D eigenvalue weighted by molar-refractivity contribution is 0.413. The Morgan fingerprint density at radius 2 is 1.48 bits per heavy atom. The molecule has 0 bridgehead atoms. The molecule has 0 saturated carbocycles. The highest BCUT2D eigenvalue weighted by atomic mass is 15.0. The lowest BCUT2D eigenvalue weighted by Gasteiger charge is -2.21. The van der Waals surface area contributed by atoms with Crippen LogP contribution in [0.25, 0.3) is 54.7 Å². The number of nitrogens with zero attached hydrogens (tertiary/aromatic N) is 3. The molecule has 6 aromatic rings. The number of fused-ring (bicyclic) bond motifs is 5. The monoisotopic (exact) mass is 429 g/mol. The Kier molecular flexibility index (Phi) is 4.31. The van der Waals surface area contributed by atoms with Crippen molar-refractivity contribution in [1.29, 1.82) is 0 Å². The van der Waals surface area contributed by atoms with Crippen molar-refractivity contribution in [2.24, 2.45) is 12.5 Å². The normalized spacial score (nSPS) is 12.4. The molecule has 0 radical (unpaired) electrons. The molecule has 162 valence electrons. The topological polar surface area (TPSA) is 30.7 Å². The highest BCUT2D eigenvalue weighted by Crippen LogP contribution is 2.40. The van der Waals surface area contributed by atoms with Gasteiger partial charge in [-0.1, -0.05) is 81.4 Å². The molecule has 3 heteroatoms. The molecule has 2 heterocycles. The summed E-state index contributed by atoms with van der Waals surface area (Å²) in [6.07, 6.45) is 2.70. The van der Waals surface area contributed by atoms with E-state index < -0.39 is 0 Å². The maximum Gasteiger partial charge on any atom is 0.144 e. The molecule has 3 nitrogen and oxygen atoms in total. The molecular weight excluding hydrogens is 402 g/mol. The summed E-state index contributed by atoms with van der Waals surface area (Å²) in [7, 11) is 2.14. The third kappa shape index (κ3) is 3.19. The molecule has 0 aliphatic rings. The molecule has 6 rings (SSSR count). The van der Waals surface area contributed by atoms with E-state index in [-0.39, 0.29) is 5.41 Å². The van der Waals surface area contributed by atoms with E-state index in [0.29, 0.717) is 0 Å². The molecule has 0 aliphatic heterocycles. The molecule has 0 fully saturated rings. The summed E-state index contributed by atoms with van der Waals surface area (Å²) in [6, 6.07) is 26.2. The summed E-state index contributed by atoms with van der Waals surface area (Å²) in [5.41, 5.74) is 5.92. The van der Waals surface area contributed by atoms with Gasteiger partial charge in [0.05, 0.1) is 16.6 Å². The van der Waals surface area contributed by atoms with E-state index in [9.17, 15) is 0 Å². The minimum Gasteiger partial charge on any atom is -0.328 e. The highest BCUT2D eigenvalue weighted by molar-refractivity contribution is 6.17. The number of benzene rings is 4. The Hall–Kier alpha value is -3.72. The van der Waals surface area contributed by atoms with E-state index in [2.05, 4.69) is 105 Å². The fourth-order valence-electron chi connectivity index (χ4n) is 5.23. The van der Waals surface area contributed by atoms with Crippen LogP contribution in [-0.2, 0) is 13.5 Å². The molecule has 0 atom stereocenters. The van der Waals surface area contributed by atoms with Crippen molar-refractivity contribution in [3.05, 3.63) is 84.7 Å². The van der Waals surface area contributed by atoms with Gasteiger partial charge in [0.25, 0.3) is 0 Å². The summed E-state index contributed by atoms with van der Waals surface area (Å²) in [5.74, 6) is 0. The van der Waals surface area contributed by atoms with Crippen LogP contribution in [0.5, 0.6) is 0 Å². The summed E-state index contributed by atoms with van der Waals surface area (Å²) < 4.78 is 2.27. The first-order valence-corrected chi connectivity index (χ1v) is 11.5. The van der Waals surface area contributed by atoms with Gasteiger partial charge in [0.2, 0.25) is 0 Å². The van der Waals surface area contributed by atoms with Crippen LogP contribution in [0, 0.1) is 5.41 Å². The molecule has 0 N–H and O–H groups in total. The zero-order valence-electron chi connectivity index (χ0n) is 19.6. The Labute approximate surface area is 193 Å². The van der Waals surface area contributed by atoms with E-state index >= 15 is 0 Å². The van der Waals surface area contributed by atoms with Crippen molar-refractivity contribution in [3.8, 4) is 11.3 Å². The molecule has 0 aliphatic carbocycles. The van der Waals surface area contributed by atoms with Crippen LogP contribution in [0.3, 0.4) is 0 Å². The number of rotatable bonds is 2. The minimum absolute atomic E-state index is 0.167. The summed E-state index contributed by atoms with van der Waals surface area (Å²) in [6.45, 7) is 6.93. The van der Waals surface area contributed by atoms with E-state index in [0.717, 1.165) is 28.7 Å². The van der Waals surface area contributed by atoms with Crippen LogP contribution in [0.2, 0.25) is 0 Å². The standard InChI is InChI=1S/C30H27N3/c1-30(2,3)17-25-23-12-8-7-11-21(23)16-24-26-27(31-18-32-29(26)33(4)28(24)25)22-14-13-19-9-5-6-10-20(19)15-22/h5-16,18H,17H2,1-4H3. The predicted molar refractivity (Wildman–Crippen MR) is 140 cm³/mol. The van der Waals surface area contributed by atoms with Crippen molar-refractivity contribution in [2.75, 3.05) is 0 Å². The number of aryl methyl sites for hydroxylation is 1. The van der Waals surface area contributed by atoms with Gasteiger partial charge >= 0.3 is 0 Å². The maximum atomic E-state index is 4.81. The van der Waals surface area contributed by atoms with Gasteiger partial charge in [-0.3, -0.25) is 0 Å². The van der Waals surface area contributed by atoms with Gasteiger partial charge < -0.3 is 4.57 Å². The van der Waals surface area contributed by atoms with Gasteiger partial charge in [0, 0.05) is 18.0 Å². The summed E-state index contributed by atoms with van der Waals surface area (Å²) >= 11 is 0. The lowest BCUT2D eigenvalue weighted by atomic mass is 9.85. The van der Waals surface area contributed by atoms with Crippen LogP contribution in [0.1, 0.15) is 26.3 Å². The third-order valence-electron chi connectivity index (χ3n) is 6.61.